The first kappa shape index (κ1) is 21.8. The highest BCUT2D eigenvalue weighted by Gasteiger charge is 2.51. The van der Waals surface area contributed by atoms with Gasteiger partial charge in [-0.25, -0.2) is 0 Å². The van der Waals surface area contributed by atoms with E-state index in [1.54, 1.807) is 0 Å². The lowest BCUT2D eigenvalue weighted by Crippen LogP contribution is -2.25. The van der Waals surface area contributed by atoms with Crippen LogP contribution < -0.4 is 0 Å². The standard InChI is InChI=1S/C37H23Br/c38-28-20-17-25(18-21-28)24-13-15-26(16-14-24)27-19-22-32-31-9-3-6-12-35(31)37(36(32)23-27)33-10-4-1-7-29(33)30-8-2-5-11-34(30)37/h1-23H. The van der Waals surface area contributed by atoms with Crippen LogP contribution in [0.25, 0.3) is 44.5 Å². The van der Waals surface area contributed by atoms with Crippen molar-refractivity contribution in [3.05, 3.63) is 166 Å². The molecule has 0 N–H and O–H groups in total. The predicted octanol–water partition coefficient (Wildman–Crippen LogP) is 10.1. The molecule has 6 aromatic carbocycles. The maximum Gasteiger partial charge on any atom is 0.0725 e. The van der Waals surface area contributed by atoms with E-state index >= 15 is 0 Å². The molecule has 0 atom stereocenters. The van der Waals surface area contributed by atoms with Crippen LogP contribution in [-0.2, 0) is 5.41 Å². The summed E-state index contributed by atoms with van der Waals surface area (Å²) in [6.07, 6.45) is 0. The van der Waals surface area contributed by atoms with Gasteiger partial charge in [0.1, 0.15) is 0 Å². The molecule has 1 spiro atoms. The molecule has 0 saturated heterocycles. The van der Waals surface area contributed by atoms with Crippen LogP contribution >= 0.6 is 15.9 Å². The van der Waals surface area contributed by atoms with Gasteiger partial charge in [-0.15, -0.1) is 0 Å². The molecular formula is C37H23Br. The minimum absolute atomic E-state index is 0.299. The van der Waals surface area contributed by atoms with E-state index in [0.717, 1.165) is 4.47 Å². The number of rotatable bonds is 2. The van der Waals surface area contributed by atoms with Gasteiger partial charge in [0.2, 0.25) is 0 Å². The summed E-state index contributed by atoms with van der Waals surface area (Å²) in [6.45, 7) is 0. The normalized spacial score (nSPS) is 13.6. The van der Waals surface area contributed by atoms with Gasteiger partial charge in [-0.1, -0.05) is 137 Å². The van der Waals surface area contributed by atoms with Crippen LogP contribution in [0.2, 0.25) is 0 Å². The molecule has 38 heavy (non-hydrogen) atoms. The van der Waals surface area contributed by atoms with Gasteiger partial charge < -0.3 is 0 Å². The van der Waals surface area contributed by atoms with Gasteiger partial charge in [0, 0.05) is 4.47 Å². The summed E-state index contributed by atoms with van der Waals surface area (Å²) in [6, 6.07) is 51.5. The highest BCUT2D eigenvalue weighted by molar-refractivity contribution is 9.10. The quantitative estimate of drug-likeness (QED) is 0.202. The van der Waals surface area contributed by atoms with Crippen LogP contribution in [0, 0.1) is 0 Å². The monoisotopic (exact) mass is 546 g/mol. The summed E-state index contributed by atoms with van der Waals surface area (Å²) in [7, 11) is 0. The Hall–Kier alpha value is -4.20. The summed E-state index contributed by atoms with van der Waals surface area (Å²) in [5.41, 5.74) is 15.5. The molecule has 0 aromatic heterocycles. The van der Waals surface area contributed by atoms with Crippen molar-refractivity contribution >= 4 is 15.9 Å². The van der Waals surface area contributed by atoms with E-state index in [2.05, 4.69) is 155 Å². The Balaban J connectivity index is 1.34. The molecule has 0 nitrogen and oxygen atoms in total. The van der Waals surface area contributed by atoms with E-state index in [9.17, 15) is 0 Å². The predicted molar refractivity (Wildman–Crippen MR) is 161 cm³/mol. The zero-order chi connectivity index (χ0) is 25.3. The minimum Gasteiger partial charge on any atom is -0.0619 e. The van der Waals surface area contributed by atoms with Gasteiger partial charge in [0.05, 0.1) is 5.41 Å². The molecule has 0 amide bonds. The fraction of sp³-hybridized carbons (Fsp3) is 0.0270. The van der Waals surface area contributed by atoms with Gasteiger partial charge in [-0.2, -0.15) is 0 Å². The summed E-state index contributed by atoms with van der Waals surface area (Å²) in [5.74, 6) is 0. The summed E-state index contributed by atoms with van der Waals surface area (Å²) < 4.78 is 1.10. The van der Waals surface area contributed by atoms with Crippen molar-refractivity contribution < 1.29 is 0 Å². The average Bonchev–Trinajstić information content (AvgIpc) is 3.45. The van der Waals surface area contributed by atoms with Crippen LogP contribution in [0.4, 0.5) is 0 Å². The van der Waals surface area contributed by atoms with Crippen molar-refractivity contribution in [2.45, 2.75) is 5.41 Å². The molecule has 0 fully saturated rings. The number of hydrogen-bond acceptors (Lipinski definition) is 0. The topological polar surface area (TPSA) is 0 Å². The lowest BCUT2D eigenvalue weighted by molar-refractivity contribution is 0.794. The van der Waals surface area contributed by atoms with Crippen molar-refractivity contribution in [3.8, 4) is 44.5 Å². The molecule has 0 heterocycles. The van der Waals surface area contributed by atoms with Gasteiger partial charge >= 0.3 is 0 Å². The van der Waals surface area contributed by atoms with Crippen LogP contribution in [0.3, 0.4) is 0 Å². The number of benzene rings is 6. The fourth-order valence-corrected chi connectivity index (χ4v) is 7.04. The second-order valence-corrected chi connectivity index (χ2v) is 11.1. The molecule has 6 aromatic rings. The highest BCUT2D eigenvalue weighted by atomic mass is 79.9. The van der Waals surface area contributed by atoms with E-state index in [1.165, 1.54) is 66.8 Å². The summed E-state index contributed by atoms with van der Waals surface area (Å²) in [5, 5.41) is 0. The molecule has 0 saturated carbocycles. The van der Waals surface area contributed by atoms with Crippen LogP contribution in [0.15, 0.2) is 144 Å². The maximum atomic E-state index is 3.54. The molecule has 178 valence electrons. The molecule has 0 bridgehead atoms. The molecule has 1 heteroatoms. The first-order valence-corrected chi connectivity index (χ1v) is 13.8. The molecule has 2 aliphatic carbocycles. The summed E-state index contributed by atoms with van der Waals surface area (Å²) >= 11 is 3.54. The Morgan fingerprint density at radius 2 is 0.711 bits per heavy atom. The van der Waals surface area contributed by atoms with E-state index in [4.69, 9.17) is 0 Å². The first-order chi connectivity index (χ1) is 18.7. The van der Waals surface area contributed by atoms with Crippen molar-refractivity contribution in [2.24, 2.45) is 0 Å². The fourth-order valence-electron chi connectivity index (χ4n) is 6.77. The smallest absolute Gasteiger partial charge is 0.0619 e. The molecular weight excluding hydrogens is 524 g/mol. The van der Waals surface area contributed by atoms with Crippen molar-refractivity contribution in [3.63, 3.8) is 0 Å². The first-order valence-electron chi connectivity index (χ1n) is 13.1. The number of hydrogen-bond donors (Lipinski definition) is 0. The van der Waals surface area contributed by atoms with Crippen LogP contribution in [0.1, 0.15) is 22.3 Å². The van der Waals surface area contributed by atoms with Crippen LogP contribution in [0.5, 0.6) is 0 Å². The van der Waals surface area contributed by atoms with E-state index < -0.39 is 0 Å². The third-order valence-electron chi connectivity index (χ3n) is 8.39. The Morgan fingerprint density at radius 1 is 0.342 bits per heavy atom. The maximum absolute atomic E-state index is 3.54. The van der Waals surface area contributed by atoms with E-state index in [0.29, 0.717) is 0 Å². The Morgan fingerprint density at radius 3 is 1.21 bits per heavy atom. The Bertz CT molecular complexity index is 1800. The second-order valence-electron chi connectivity index (χ2n) is 10.2. The van der Waals surface area contributed by atoms with Crippen molar-refractivity contribution in [1.29, 1.82) is 0 Å². The Kier molecular flexibility index (Phi) is 4.68. The third kappa shape index (κ3) is 2.91. The van der Waals surface area contributed by atoms with E-state index in [-0.39, 0.29) is 5.41 Å². The Labute approximate surface area is 231 Å². The lowest BCUT2D eigenvalue weighted by Gasteiger charge is -2.30. The van der Waals surface area contributed by atoms with Crippen LogP contribution in [-0.4, -0.2) is 0 Å². The second kappa shape index (κ2) is 8.15. The third-order valence-corrected chi connectivity index (χ3v) is 8.92. The number of halogens is 1. The van der Waals surface area contributed by atoms with Gasteiger partial charge in [0.25, 0.3) is 0 Å². The van der Waals surface area contributed by atoms with Gasteiger partial charge in [-0.05, 0) is 85.0 Å². The SMILES string of the molecule is Brc1ccc(-c2ccc(-c3ccc4c(c3)C3(c5ccccc5-c5ccccc53)c3ccccc3-4)cc2)cc1. The largest absolute Gasteiger partial charge is 0.0725 e. The number of fused-ring (bicyclic) bond motifs is 10. The zero-order valence-electron chi connectivity index (χ0n) is 20.7. The minimum atomic E-state index is -0.299. The molecule has 2 aliphatic rings. The highest BCUT2D eigenvalue weighted by Crippen LogP contribution is 2.62. The van der Waals surface area contributed by atoms with E-state index in [1.807, 2.05) is 0 Å². The van der Waals surface area contributed by atoms with Gasteiger partial charge in [0.15, 0.2) is 0 Å². The average molecular weight is 547 g/mol. The van der Waals surface area contributed by atoms with Crippen molar-refractivity contribution in [2.75, 3.05) is 0 Å². The lowest BCUT2D eigenvalue weighted by atomic mass is 9.70. The molecule has 0 unspecified atom stereocenters. The summed E-state index contributed by atoms with van der Waals surface area (Å²) in [4.78, 5) is 0. The molecule has 0 aliphatic heterocycles. The molecule has 8 rings (SSSR count). The van der Waals surface area contributed by atoms with Crippen molar-refractivity contribution in [1.82, 2.24) is 0 Å². The molecule has 0 radical (unpaired) electrons. The zero-order valence-corrected chi connectivity index (χ0v) is 22.2. The van der Waals surface area contributed by atoms with Gasteiger partial charge in [-0.3, -0.25) is 0 Å².